The van der Waals surface area contributed by atoms with Gasteiger partial charge in [0.15, 0.2) is 0 Å². The minimum atomic E-state index is -3.67. The quantitative estimate of drug-likeness (QED) is 0.733. The van der Waals surface area contributed by atoms with Crippen LogP contribution in [0.3, 0.4) is 0 Å². The number of para-hydroxylation sites is 2. The molecule has 0 saturated heterocycles. The van der Waals surface area contributed by atoms with Crippen LogP contribution in [-0.2, 0) is 10.0 Å². The third kappa shape index (κ3) is 3.10. The van der Waals surface area contributed by atoms with Crippen molar-refractivity contribution in [2.24, 2.45) is 5.73 Å². The molecule has 0 aliphatic carbocycles. The van der Waals surface area contributed by atoms with E-state index >= 15 is 0 Å². The van der Waals surface area contributed by atoms with Crippen molar-refractivity contribution in [2.75, 3.05) is 4.72 Å². The van der Waals surface area contributed by atoms with E-state index in [4.69, 9.17) is 5.73 Å². The molecule has 3 rings (SSSR count). The fourth-order valence-electron chi connectivity index (χ4n) is 1.96. The highest BCUT2D eigenvalue weighted by Gasteiger charge is 2.18. The van der Waals surface area contributed by atoms with Crippen molar-refractivity contribution >= 4 is 33.0 Å². The summed E-state index contributed by atoms with van der Waals surface area (Å²) >= 11 is 1.12. The van der Waals surface area contributed by atoms with Gasteiger partial charge in [-0.1, -0.05) is 18.2 Å². The molecule has 0 aliphatic heterocycles. The summed E-state index contributed by atoms with van der Waals surface area (Å²) in [6.07, 6.45) is 1.54. The normalized spacial score (nSPS) is 11.3. The van der Waals surface area contributed by atoms with Crippen molar-refractivity contribution in [3.05, 3.63) is 59.7 Å². The number of thiophene rings is 1. The number of aromatic nitrogens is 2. The van der Waals surface area contributed by atoms with Gasteiger partial charge in [-0.3, -0.25) is 9.52 Å². The Morgan fingerprint density at radius 3 is 2.61 bits per heavy atom. The molecule has 0 unspecified atom stereocenters. The van der Waals surface area contributed by atoms with Crippen LogP contribution < -0.4 is 10.5 Å². The molecule has 9 heteroatoms. The first-order valence-electron chi connectivity index (χ1n) is 6.48. The van der Waals surface area contributed by atoms with Crippen LogP contribution in [0.1, 0.15) is 10.5 Å². The number of sulfonamides is 1. The number of hydrogen-bond acceptors (Lipinski definition) is 5. The summed E-state index contributed by atoms with van der Waals surface area (Å²) in [6.45, 7) is 0. The van der Waals surface area contributed by atoms with Gasteiger partial charge in [-0.25, -0.2) is 13.1 Å². The lowest BCUT2D eigenvalue weighted by Crippen LogP contribution is -2.14. The Morgan fingerprint density at radius 1 is 1.17 bits per heavy atom. The predicted octanol–water partition coefficient (Wildman–Crippen LogP) is 1.83. The number of rotatable bonds is 5. The number of anilines is 1. The maximum absolute atomic E-state index is 12.4. The molecule has 3 aromatic rings. The van der Waals surface area contributed by atoms with Gasteiger partial charge in [-0.15, -0.1) is 11.3 Å². The Kier molecular flexibility index (Phi) is 3.89. The number of nitrogens with two attached hydrogens (primary N) is 1. The van der Waals surface area contributed by atoms with E-state index in [1.807, 2.05) is 0 Å². The van der Waals surface area contributed by atoms with Crippen LogP contribution in [0.4, 0.5) is 5.69 Å². The zero-order valence-electron chi connectivity index (χ0n) is 11.7. The molecule has 0 spiro atoms. The van der Waals surface area contributed by atoms with Crippen molar-refractivity contribution in [3.8, 4) is 5.69 Å². The number of carbonyl (C=O) groups is 1. The molecule has 7 nitrogen and oxygen atoms in total. The Balaban J connectivity index is 2.00. The van der Waals surface area contributed by atoms with E-state index in [0.29, 0.717) is 11.4 Å². The van der Waals surface area contributed by atoms with Crippen molar-refractivity contribution < 1.29 is 13.2 Å². The molecule has 23 heavy (non-hydrogen) atoms. The van der Waals surface area contributed by atoms with Crippen LogP contribution in [0.2, 0.25) is 0 Å². The van der Waals surface area contributed by atoms with Crippen LogP contribution in [-0.4, -0.2) is 24.1 Å². The summed E-state index contributed by atoms with van der Waals surface area (Å²) < 4.78 is 28.9. The van der Waals surface area contributed by atoms with Gasteiger partial charge in [-0.05, 0) is 29.6 Å². The van der Waals surface area contributed by atoms with Crippen molar-refractivity contribution in [3.63, 3.8) is 0 Å². The number of primary amides is 1. The fraction of sp³-hybridized carbons (Fsp3) is 0. The highest BCUT2D eigenvalue weighted by molar-refractivity contribution is 7.94. The van der Waals surface area contributed by atoms with E-state index in [-0.39, 0.29) is 9.90 Å². The lowest BCUT2D eigenvalue weighted by atomic mass is 10.3. The van der Waals surface area contributed by atoms with Crippen molar-refractivity contribution in [2.45, 2.75) is 4.21 Å². The molecule has 1 amide bonds. The van der Waals surface area contributed by atoms with E-state index < -0.39 is 15.9 Å². The fourth-order valence-corrected chi connectivity index (χ4v) is 4.03. The third-order valence-electron chi connectivity index (χ3n) is 3.00. The Hall–Kier alpha value is -2.65. The maximum Gasteiger partial charge on any atom is 0.271 e. The first-order valence-corrected chi connectivity index (χ1v) is 8.85. The summed E-state index contributed by atoms with van der Waals surface area (Å²) in [7, 11) is -3.67. The van der Waals surface area contributed by atoms with Gasteiger partial charge < -0.3 is 5.73 Å². The molecule has 0 fully saturated rings. The van der Waals surface area contributed by atoms with Crippen LogP contribution in [0.5, 0.6) is 0 Å². The molecule has 1 aromatic carbocycles. The number of nitrogens with zero attached hydrogens (tertiary/aromatic N) is 2. The van der Waals surface area contributed by atoms with Gasteiger partial charge in [0.1, 0.15) is 9.90 Å². The summed E-state index contributed by atoms with van der Waals surface area (Å²) in [6, 6.07) is 11.4. The van der Waals surface area contributed by atoms with Crippen LogP contribution in [0, 0.1) is 0 Å². The second-order valence-electron chi connectivity index (χ2n) is 4.56. The van der Waals surface area contributed by atoms with E-state index in [0.717, 1.165) is 11.3 Å². The number of benzene rings is 1. The molecule has 0 aliphatic rings. The molecule has 0 bridgehead atoms. The standard InChI is InChI=1S/C14H12N4O3S2/c15-14(19)11-7-8-18(16-11)12-5-2-1-4-10(12)17-23(20,21)13-6-3-9-22-13/h1-9,17H,(H2,15,19). The summed E-state index contributed by atoms with van der Waals surface area (Å²) in [4.78, 5) is 11.2. The van der Waals surface area contributed by atoms with Crippen molar-refractivity contribution in [1.29, 1.82) is 0 Å². The van der Waals surface area contributed by atoms with Gasteiger partial charge in [0.25, 0.3) is 15.9 Å². The first-order chi connectivity index (χ1) is 11.0. The van der Waals surface area contributed by atoms with Gasteiger partial charge >= 0.3 is 0 Å². The molecule has 3 N–H and O–H groups in total. The van der Waals surface area contributed by atoms with E-state index in [9.17, 15) is 13.2 Å². The molecule has 2 aromatic heterocycles. The number of hydrogen-bond donors (Lipinski definition) is 2. The van der Waals surface area contributed by atoms with Gasteiger partial charge in [0, 0.05) is 6.20 Å². The monoisotopic (exact) mass is 348 g/mol. The summed E-state index contributed by atoms with van der Waals surface area (Å²) in [5.74, 6) is -0.652. The Labute approximate surface area is 136 Å². The second-order valence-corrected chi connectivity index (χ2v) is 7.42. The van der Waals surface area contributed by atoms with E-state index in [1.165, 1.54) is 16.8 Å². The average Bonchev–Trinajstić information content (AvgIpc) is 3.19. The first kappa shape index (κ1) is 15.3. The smallest absolute Gasteiger partial charge is 0.271 e. The molecule has 0 atom stereocenters. The molecule has 2 heterocycles. The summed E-state index contributed by atoms with van der Waals surface area (Å²) in [5.41, 5.74) is 6.12. The second kappa shape index (κ2) is 5.86. The van der Waals surface area contributed by atoms with E-state index in [2.05, 4.69) is 9.82 Å². The third-order valence-corrected chi connectivity index (χ3v) is 5.76. The topological polar surface area (TPSA) is 107 Å². The molecule has 0 saturated carbocycles. The zero-order chi connectivity index (χ0) is 16.4. The number of carbonyl (C=O) groups excluding carboxylic acids is 1. The van der Waals surface area contributed by atoms with Gasteiger partial charge in [0.05, 0.1) is 11.4 Å². The summed E-state index contributed by atoms with van der Waals surface area (Å²) in [5, 5.41) is 5.73. The Morgan fingerprint density at radius 2 is 1.96 bits per heavy atom. The van der Waals surface area contributed by atoms with Crippen LogP contribution >= 0.6 is 11.3 Å². The molecule has 0 radical (unpaired) electrons. The van der Waals surface area contributed by atoms with Crippen LogP contribution in [0.25, 0.3) is 5.69 Å². The SMILES string of the molecule is NC(=O)c1ccn(-c2ccccc2NS(=O)(=O)c2cccs2)n1. The number of amides is 1. The average molecular weight is 348 g/mol. The minimum Gasteiger partial charge on any atom is -0.364 e. The van der Waals surface area contributed by atoms with Crippen molar-refractivity contribution in [1.82, 2.24) is 9.78 Å². The van der Waals surface area contributed by atoms with Gasteiger partial charge in [0.2, 0.25) is 0 Å². The Bertz CT molecular complexity index is 946. The molecule has 118 valence electrons. The lowest BCUT2D eigenvalue weighted by molar-refractivity contribution is 0.0995. The molecular weight excluding hydrogens is 336 g/mol. The minimum absolute atomic E-state index is 0.0981. The zero-order valence-corrected chi connectivity index (χ0v) is 13.3. The van der Waals surface area contributed by atoms with Crippen LogP contribution in [0.15, 0.2) is 58.3 Å². The van der Waals surface area contributed by atoms with Gasteiger partial charge in [-0.2, -0.15) is 5.10 Å². The number of nitrogens with one attached hydrogen (secondary N) is 1. The lowest BCUT2D eigenvalue weighted by Gasteiger charge is -2.11. The molecular formula is C14H12N4O3S2. The van der Waals surface area contributed by atoms with E-state index in [1.54, 1.807) is 41.9 Å². The largest absolute Gasteiger partial charge is 0.364 e. The predicted molar refractivity (Wildman–Crippen MR) is 87.2 cm³/mol. The highest BCUT2D eigenvalue weighted by atomic mass is 32.2. The highest BCUT2D eigenvalue weighted by Crippen LogP contribution is 2.25. The maximum atomic E-state index is 12.4.